The van der Waals surface area contributed by atoms with Crippen molar-refractivity contribution in [3.8, 4) is 11.1 Å². The number of nitrogens with zero attached hydrogens (tertiary/aromatic N) is 3. The molecule has 3 aromatic rings. The molecule has 0 radical (unpaired) electrons. The van der Waals surface area contributed by atoms with E-state index in [0.717, 1.165) is 36.2 Å². The lowest BCUT2D eigenvalue weighted by molar-refractivity contribution is 0.114. The van der Waals surface area contributed by atoms with Crippen molar-refractivity contribution in [2.75, 3.05) is 26.2 Å². The van der Waals surface area contributed by atoms with Gasteiger partial charge >= 0.3 is 0 Å². The Bertz CT molecular complexity index is 976. The fourth-order valence-electron chi connectivity index (χ4n) is 4.33. The Morgan fingerprint density at radius 1 is 0.750 bits per heavy atom. The second kappa shape index (κ2) is 7.53. The van der Waals surface area contributed by atoms with Crippen molar-refractivity contribution in [1.82, 2.24) is 9.91 Å². The van der Waals surface area contributed by atoms with Crippen LogP contribution in [0.2, 0.25) is 0 Å². The second-order valence-corrected chi connectivity index (χ2v) is 8.19. The van der Waals surface area contributed by atoms with E-state index >= 15 is 0 Å². The topological polar surface area (TPSA) is 18.8 Å². The third-order valence-corrected chi connectivity index (χ3v) is 6.44. The SMILES string of the molecule is Brc1ccccc1C=NN1CCN(C2c3ccccc3-c3ccccc32)CC1. The lowest BCUT2D eigenvalue weighted by Gasteiger charge is -2.37. The monoisotopic (exact) mass is 431 g/mol. The molecule has 1 aliphatic carbocycles. The Hall–Kier alpha value is -2.43. The van der Waals surface area contributed by atoms with Crippen molar-refractivity contribution in [3.63, 3.8) is 0 Å². The summed E-state index contributed by atoms with van der Waals surface area (Å²) in [4.78, 5) is 2.61. The summed E-state index contributed by atoms with van der Waals surface area (Å²) in [7, 11) is 0. The lowest BCUT2D eigenvalue weighted by atomic mass is 10.0. The average molecular weight is 432 g/mol. The predicted molar refractivity (Wildman–Crippen MR) is 119 cm³/mol. The third kappa shape index (κ3) is 3.17. The van der Waals surface area contributed by atoms with Gasteiger partial charge in [0.05, 0.1) is 12.3 Å². The number of hydrazone groups is 1. The minimum atomic E-state index is 0.363. The smallest absolute Gasteiger partial charge is 0.0615 e. The highest BCUT2D eigenvalue weighted by molar-refractivity contribution is 9.10. The highest BCUT2D eigenvalue weighted by Gasteiger charge is 2.33. The van der Waals surface area contributed by atoms with Crippen LogP contribution in [-0.4, -0.2) is 42.3 Å². The molecule has 0 spiro atoms. The van der Waals surface area contributed by atoms with Crippen molar-refractivity contribution < 1.29 is 0 Å². The standard InChI is InChI=1S/C24H22BrN3/c25-23-12-6-1-7-18(23)17-26-28-15-13-27(14-16-28)24-21-10-4-2-8-19(21)20-9-3-5-11-22(20)24/h1-12,17,24H,13-16H2. The maximum Gasteiger partial charge on any atom is 0.0615 e. The van der Waals surface area contributed by atoms with Crippen LogP contribution in [-0.2, 0) is 0 Å². The first-order valence-electron chi connectivity index (χ1n) is 9.77. The number of benzene rings is 3. The first kappa shape index (κ1) is 17.7. The van der Waals surface area contributed by atoms with Crippen molar-refractivity contribution in [2.45, 2.75) is 6.04 Å². The van der Waals surface area contributed by atoms with Crippen LogP contribution in [0, 0.1) is 0 Å². The number of fused-ring (bicyclic) bond motifs is 3. The van der Waals surface area contributed by atoms with Gasteiger partial charge in [0.25, 0.3) is 0 Å². The van der Waals surface area contributed by atoms with Gasteiger partial charge < -0.3 is 0 Å². The summed E-state index contributed by atoms with van der Waals surface area (Å²) in [6, 6.07) is 26.3. The summed E-state index contributed by atoms with van der Waals surface area (Å²) >= 11 is 3.59. The zero-order valence-corrected chi connectivity index (χ0v) is 17.2. The molecule has 4 heteroatoms. The molecular weight excluding hydrogens is 410 g/mol. The molecule has 0 amide bonds. The van der Waals surface area contributed by atoms with Gasteiger partial charge in [-0.3, -0.25) is 9.91 Å². The largest absolute Gasteiger partial charge is 0.294 e. The van der Waals surface area contributed by atoms with Crippen molar-refractivity contribution in [1.29, 1.82) is 0 Å². The lowest BCUT2D eigenvalue weighted by Crippen LogP contribution is -2.45. The van der Waals surface area contributed by atoms with E-state index in [1.807, 2.05) is 24.4 Å². The first-order chi connectivity index (χ1) is 13.8. The van der Waals surface area contributed by atoms with Crippen molar-refractivity contribution >= 4 is 22.1 Å². The highest BCUT2D eigenvalue weighted by Crippen LogP contribution is 2.46. The van der Waals surface area contributed by atoms with Crippen LogP contribution in [0.1, 0.15) is 22.7 Å². The quantitative estimate of drug-likeness (QED) is 0.532. The van der Waals surface area contributed by atoms with E-state index in [4.69, 9.17) is 5.10 Å². The molecule has 0 unspecified atom stereocenters. The fraction of sp³-hybridized carbons (Fsp3) is 0.208. The van der Waals surface area contributed by atoms with Gasteiger partial charge in [0.2, 0.25) is 0 Å². The van der Waals surface area contributed by atoms with Crippen LogP contribution in [0.25, 0.3) is 11.1 Å². The van der Waals surface area contributed by atoms with E-state index in [1.54, 1.807) is 0 Å². The summed E-state index contributed by atoms with van der Waals surface area (Å²) in [5.74, 6) is 0. The second-order valence-electron chi connectivity index (χ2n) is 7.33. The highest BCUT2D eigenvalue weighted by atomic mass is 79.9. The first-order valence-corrected chi connectivity index (χ1v) is 10.6. The summed E-state index contributed by atoms with van der Waals surface area (Å²) in [5, 5.41) is 6.90. The number of hydrogen-bond acceptors (Lipinski definition) is 3. The number of piperazine rings is 1. The molecule has 1 fully saturated rings. The minimum Gasteiger partial charge on any atom is -0.294 e. The fourth-order valence-corrected chi connectivity index (χ4v) is 4.72. The van der Waals surface area contributed by atoms with Crippen LogP contribution >= 0.6 is 15.9 Å². The molecule has 2 aliphatic rings. The van der Waals surface area contributed by atoms with Gasteiger partial charge in [0, 0.05) is 36.2 Å². The molecule has 1 aliphatic heterocycles. The molecular formula is C24H22BrN3. The van der Waals surface area contributed by atoms with E-state index in [0.29, 0.717) is 6.04 Å². The van der Waals surface area contributed by atoms with E-state index < -0.39 is 0 Å². The summed E-state index contributed by atoms with van der Waals surface area (Å²) < 4.78 is 1.08. The zero-order valence-electron chi connectivity index (χ0n) is 15.6. The molecule has 3 aromatic carbocycles. The summed E-state index contributed by atoms with van der Waals surface area (Å²) in [6.45, 7) is 3.92. The molecule has 140 valence electrons. The van der Waals surface area contributed by atoms with Gasteiger partial charge in [0.15, 0.2) is 0 Å². The number of hydrogen-bond donors (Lipinski definition) is 0. The number of halogens is 1. The van der Waals surface area contributed by atoms with Crippen LogP contribution in [0.3, 0.4) is 0 Å². The molecule has 0 saturated carbocycles. The Morgan fingerprint density at radius 3 is 1.96 bits per heavy atom. The minimum absolute atomic E-state index is 0.363. The Morgan fingerprint density at radius 2 is 1.32 bits per heavy atom. The third-order valence-electron chi connectivity index (χ3n) is 5.72. The van der Waals surface area contributed by atoms with E-state index in [-0.39, 0.29) is 0 Å². The van der Waals surface area contributed by atoms with Gasteiger partial charge in [-0.15, -0.1) is 0 Å². The van der Waals surface area contributed by atoms with Gasteiger partial charge in [-0.05, 0) is 28.3 Å². The maximum absolute atomic E-state index is 4.72. The van der Waals surface area contributed by atoms with Crippen LogP contribution in [0.4, 0.5) is 0 Å². The predicted octanol–water partition coefficient (Wildman–Crippen LogP) is 5.17. The van der Waals surface area contributed by atoms with Crippen molar-refractivity contribution in [2.24, 2.45) is 5.10 Å². The Balaban J connectivity index is 1.33. The zero-order chi connectivity index (χ0) is 18.9. The average Bonchev–Trinajstić information content (AvgIpc) is 3.08. The molecule has 1 heterocycles. The molecule has 0 atom stereocenters. The van der Waals surface area contributed by atoms with Gasteiger partial charge in [0.1, 0.15) is 0 Å². The van der Waals surface area contributed by atoms with Gasteiger partial charge in [-0.2, -0.15) is 5.10 Å². The molecule has 1 saturated heterocycles. The maximum atomic E-state index is 4.72. The Labute approximate surface area is 174 Å². The normalized spacial score (nSPS) is 17.1. The van der Waals surface area contributed by atoms with Crippen LogP contribution < -0.4 is 0 Å². The molecule has 0 N–H and O–H groups in total. The van der Waals surface area contributed by atoms with Crippen LogP contribution in [0.5, 0.6) is 0 Å². The van der Waals surface area contributed by atoms with E-state index in [1.165, 1.54) is 22.3 Å². The molecule has 28 heavy (non-hydrogen) atoms. The van der Waals surface area contributed by atoms with Gasteiger partial charge in [-0.1, -0.05) is 82.7 Å². The van der Waals surface area contributed by atoms with Crippen LogP contribution in [0.15, 0.2) is 82.4 Å². The van der Waals surface area contributed by atoms with Gasteiger partial charge in [-0.25, -0.2) is 0 Å². The summed E-state index contributed by atoms with van der Waals surface area (Å²) in [5.41, 5.74) is 6.77. The number of rotatable bonds is 3. The molecule has 5 rings (SSSR count). The molecule has 0 aromatic heterocycles. The van der Waals surface area contributed by atoms with E-state index in [9.17, 15) is 0 Å². The van der Waals surface area contributed by atoms with E-state index in [2.05, 4.69) is 80.4 Å². The molecule has 0 bridgehead atoms. The molecule has 3 nitrogen and oxygen atoms in total. The van der Waals surface area contributed by atoms with Crippen molar-refractivity contribution in [3.05, 3.63) is 94.0 Å². The Kier molecular flexibility index (Phi) is 4.75. The summed E-state index contributed by atoms with van der Waals surface area (Å²) in [6.07, 6.45) is 1.96.